The molecule has 3 amide bonds. The van der Waals surface area contributed by atoms with Gasteiger partial charge in [0.15, 0.2) is 0 Å². The van der Waals surface area contributed by atoms with Gasteiger partial charge in [0.25, 0.3) is 5.91 Å². The third-order valence-electron chi connectivity index (χ3n) is 5.94. The van der Waals surface area contributed by atoms with E-state index in [0.717, 1.165) is 22.4 Å². The molecule has 7 heteroatoms. The van der Waals surface area contributed by atoms with Crippen molar-refractivity contribution < 1.29 is 14.4 Å². The van der Waals surface area contributed by atoms with Crippen molar-refractivity contribution >= 4 is 23.4 Å². The Morgan fingerprint density at radius 3 is 2.70 bits per heavy atom. The van der Waals surface area contributed by atoms with Crippen molar-refractivity contribution in [1.82, 2.24) is 15.5 Å². The third-order valence-corrected chi connectivity index (χ3v) is 5.94. The van der Waals surface area contributed by atoms with Gasteiger partial charge in [-0.15, -0.1) is 0 Å². The highest BCUT2D eigenvalue weighted by molar-refractivity contribution is 6.05. The van der Waals surface area contributed by atoms with E-state index in [1.54, 1.807) is 4.90 Å². The Bertz CT molecular complexity index is 1030. The van der Waals surface area contributed by atoms with Crippen LogP contribution in [0.3, 0.4) is 0 Å². The van der Waals surface area contributed by atoms with Crippen LogP contribution < -0.4 is 16.4 Å². The molecule has 2 heterocycles. The molecule has 0 aromatic heterocycles. The number of nitrogens with zero attached hydrogens (tertiary/aromatic N) is 1. The van der Waals surface area contributed by atoms with Gasteiger partial charge in [-0.1, -0.05) is 24.3 Å². The van der Waals surface area contributed by atoms with Crippen molar-refractivity contribution in [3.63, 3.8) is 0 Å². The maximum atomic E-state index is 13.0. The van der Waals surface area contributed by atoms with Gasteiger partial charge >= 0.3 is 0 Å². The summed E-state index contributed by atoms with van der Waals surface area (Å²) in [5.41, 5.74) is 9.95. The van der Waals surface area contributed by atoms with Gasteiger partial charge in [-0.05, 0) is 55.2 Å². The first kappa shape index (κ1) is 20.1. The Morgan fingerprint density at radius 1 is 1.17 bits per heavy atom. The first-order valence-corrected chi connectivity index (χ1v) is 10.1. The predicted molar refractivity (Wildman–Crippen MR) is 113 cm³/mol. The lowest BCUT2D eigenvalue weighted by Gasteiger charge is -2.29. The molecule has 0 radical (unpaired) electrons. The highest BCUT2D eigenvalue weighted by Gasteiger charge is 2.39. The number of anilines is 1. The van der Waals surface area contributed by atoms with Crippen molar-refractivity contribution in [1.29, 1.82) is 0 Å². The van der Waals surface area contributed by atoms with Gasteiger partial charge < -0.3 is 16.0 Å². The van der Waals surface area contributed by atoms with E-state index in [2.05, 4.69) is 24.5 Å². The van der Waals surface area contributed by atoms with Crippen LogP contribution in [0.15, 0.2) is 42.5 Å². The van der Waals surface area contributed by atoms with Crippen molar-refractivity contribution in [2.24, 2.45) is 0 Å². The largest absolute Gasteiger partial charge is 0.399 e. The van der Waals surface area contributed by atoms with Crippen molar-refractivity contribution in [2.75, 3.05) is 5.73 Å². The fraction of sp³-hybridized carbons (Fsp3) is 0.348. The van der Waals surface area contributed by atoms with Crippen LogP contribution in [0.5, 0.6) is 0 Å². The molecule has 0 spiro atoms. The number of nitrogens with two attached hydrogens (primary N) is 1. The maximum absolute atomic E-state index is 13.0. The molecule has 1 unspecified atom stereocenters. The van der Waals surface area contributed by atoms with Gasteiger partial charge in [0.1, 0.15) is 6.04 Å². The SMILES string of the molecule is CC(C)(NCc1ccc2c(c1)C(=O)N(C1CCC(=O)NC1=O)C2)c1cccc(N)c1. The number of fused-ring (bicyclic) bond motifs is 1. The third kappa shape index (κ3) is 3.80. The van der Waals surface area contributed by atoms with E-state index in [4.69, 9.17) is 5.73 Å². The van der Waals surface area contributed by atoms with Crippen LogP contribution in [0.25, 0.3) is 0 Å². The molecule has 2 aliphatic rings. The summed E-state index contributed by atoms with van der Waals surface area (Å²) in [4.78, 5) is 38.1. The van der Waals surface area contributed by atoms with E-state index in [1.807, 2.05) is 42.5 Å². The lowest BCUT2D eigenvalue weighted by Crippen LogP contribution is -2.52. The number of nitrogen functional groups attached to an aromatic ring is 1. The summed E-state index contributed by atoms with van der Waals surface area (Å²) in [7, 11) is 0. The molecule has 30 heavy (non-hydrogen) atoms. The summed E-state index contributed by atoms with van der Waals surface area (Å²) < 4.78 is 0. The molecule has 1 fully saturated rings. The van der Waals surface area contributed by atoms with Crippen LogP contribution in [0.1, 0.15) is 53.7 Å². The quantitative estimate of drug-likeness (QED) is 0.521. The smallest absolute Gasteiger partial charge is 0.255 e. The Morgan fingerprint density at radius 2 is 1.97 bits per heavy atom. The highest BCUT2D eigenvalue weighted by atomic mass is 16.2. The second kappa shape index (κ2) is 7.57. The average molecular weight is 406 g/mol. The number of carbonyl (C=O) groups excluding carboxylic acids is 3. The van der Waals surface area contributed by atoms with Gasteiger partial charge in [-0.25, -0.2) is 0 Å². The van der Waals surface area contributed by atoms with Crippen molar-refractivity contribution in [3.05, 3.63) is 64.7 Å². The van der Waals surface area contributed by atoms with E-state index < -0.39 is 11.9 Å². The van der Waals surface area contributed by atoms with Crippen LogP contribution in [-0.2, 0) is 28.2 Å². The van der Waals surface area contributed by atoms with Crippen molar-refractivity contribution in [3.8, 4) is 0 Å². The Labute approximate surface area is 175 Å². The zero-order valence-electron chi connectivity index (χ0n) is 17.2. The molecular formula is C23H26N4O3. The summed E-state index contributed by atoms with van der Waals surface area (Å²) in [5.74, 6) is -0.828. The van der Waals surface area contributed by atoms with Crippen LogP contribution in [0.4, 0.5) is 5.69 Å². The summed E-state index contributed by atoms with van der Waals surface area (Å²) in [6.45, 7) is 5.15. The zero-order chi connectivity index (χ0) is 21.5. The number of amides is 3. The number of nitrogens with one attached hydrogen (secondary N) is 2. The molecule has 7 nitrogen and oxygen atoms in total. The van der Waals surface area contributed by atoms with Crippen LogP contribution in [0, 0.1) is 0 Å². The zero-order valence-corrected chi connectivity index (χ0v) is 17.2. The molecule has 0 bridgehead atoms. The minimum atomic E-state index is -0.591. The molecule has 2 aromatic rings. The number of benzene rings is 2. The molecule has 0 saturated carbocycles. The summed E-state index contributed by atoms with van der Waals surface area (Å²) in [6, 6.07) is 13.0. The van der Waals surface area contributed by atoms with Gasteiger partial charge in [0, 0.05) is 36.3 Å². The van der Waals surface area contributed by atoms with Crippen molar-refractivity contribution in [2.45, 2.75) is 51.4 Å². The monoisotopic (exact) mass is 406 g/mol. The molecule has 2 aromatic carbocycles. The van der Waals surface area contributed by atoms with Gasteiger partial charge in [-0.2, -0.15) is 0 Å². The average Bonchev–Trinajstić information content (AvgIpc) is 3.02. The number of carbonyl (C=O) groups is 3. The molecule has 1 saturated heterocycles. The number of imide groups is 1. The molecule has 0 aliphatic carbocycles. The first-order valence-electron chi connectivity index (χ1n) is 10.1. The summed E-state index contributed by atoms with van der Waals surface area (Å²) in [6.07, 6.45) is 0.623. The van der Waals surface area contributed by atoms with E-state index >= 15 is 0 Å². The molecule has 1 atom stereocenters. The lowest BCUT2D eigenvalue weighted by atomic mass is 9.93. The Hall–Kier alpha value is -3.19. The number of hydrogen-bond donors (Lipinski definition) is 3. The standard InChI is InChI=1S/C23H26N4O3/c1-23(2,16-4-3-5-17(24)11-16)25-12-14-6-7-15-13-27(22(30)18(15)10-14)19-8-9-20(28)26-21(19)29/h3-7,10-11,19,25H,8-9,12-13,24H2,1-2H3,(H,26,28,29). The van der Waals surface area contributed by atoms with Gasteiger partial charge in [0.05, 0.1) is 0 Å². The Balaban J connectivity index is 1.47. The second-order valence-electron chi connectivity index (χ2n) is 8.50. The number of piperidine rings is 1. The van der Waals surface area contributed by atoms with E-state index in [0.29, 0.717) is 25.1 Å². The minimum absolute atomic E-state index is 0.156. The predicted octanol–water partition coefficient (Wildman–Crippen LogP) is 2.05. The van der Waals surface area contributed by atoms with E-state index in [9.17, 15) is 14.4 Å². The van der Waals surface area contributed by atoms with Crippen LogP contribution in [-0.4, -0.2) is 28.7 Å². The van der Waals surface area contributed by atoms with E-state index in [1.165, 1.54) is 0 Å². The summed E-state index contributed by atoms with van der Waals surface area (Å²) in [5, 5.41) is 5.86. The second-order valence-corrected chi connectivity index (χ2v) is 8.50. The summed E-state index contributed by atoms with van der Waals surface area (Å²) >= 11 is 0. The van der Waals surface area contributed by atoms with Crippen LogP contribution in [0.2, 0.25) is 0 Å². The number of hydrogen-bond acceptors (Lipinski definition) is 5. The van der Waals surface area contributed by atoms with Gasteiger partial charge in [-0.3, -0.25) is 19.7 Å². The Kier molecular flexibility index (Phi) is 5.07. The van der Waals surface area contributed by atoms with E-state index in [-0.39, 0.29) is 23.8 Å². The lowest BCUT2D eigenvalue weighted by molar-refractivity contribution is -0.136. The topological polar surface area (TPSA) is 105 Å². The maximum Gasteiger partial charge on any atom is 0.255 e. The van der Waals surface area contributed by atoms with Gasteiger partial charge in [0.2, 0.25) is 11.8 Å². The molecular weight excluding hydrogens is 380 g/mol. The fourth-order valence-corrected chi connectivity index (χ4v) is 4.06. The fourth-order valence-electron chi connectivity index (χ4n) is 4.06. The van der Waals surface area contributed by atoms with Crippen LogP contribution >= 0.6 is 0 Å². The molecule has 2 aliphatic heterocycles. The number of rotatable bonds is 5. The first-order chi connectivity index (χ1) is 14.2. The minimum Gasteiger partial charge on any atom is -0.399 e. The molecule has 156 valence electrons. The highest BCUT2D eigenvalue weighted by Crippen LogP contribution is 2.29. The normalized spacial score (nSPS) is 19.1. The molecule has 4 N–H and O–H groups in total. The molecule has 4 rings (SSSR count).